The lowest BCUT2D eigenvalue weighted by molar-refractivity contribution is 0.0846. The number of benzene rings is 1. The Morgan fingerprint density at radius 1 is 1.07 bits per heavy atom. The highest BCUT2D eigenvalue weighted by molar-refractivity contribution is 7.20. The Morgan fingerprint density at radius 2 is 1.80 bits per heavy atom. The maximum Gasteiger partial charge on any atom is 0.287 e. The first-order valence-corrected chi connectivity index (χ1v) is 10.3. The lowest BCUT2D eigenvalue weighted by Gasteiger charge is -2.05. The van der Waals surface area contributed by atoms with Crippen LogP contribution >= 0.6 is 11.3 Å². The number of fused-ring (bicyclic) bond motifs is 1. The normalized spacial score (nSPS) is 10.9. The van der Waals surface area contributed by atoms with Crippen LogP contribution in [0.4, 0.5) is 0 Å². The van der Waals surface area contributed by atoms with Crippen molar-refractivity contribution in [3.63, 3.8) is 0 Å². The Kier molecular flexibility index (Phi) is 5.28. The van der Waals surface area contributed by atoms with Crippen LogP contribution in [0, 0.1) is 13.8 Å². The number of hydrazine groups is 1. The quantitative estimate of drug-likeness (QED) is 0.438. The van der Waals surface area contributed by atoms with Crippen LogP contribution < -0.4 is 10.9 Å². The minimum atomic E-state index is -0.485. The zero-order valence-electron chi connectivity index (χ0n) is 16.7. The zero-order valence-corrected chi connectivity index (χ0v) is 17.6. The number of carbonyl (C=O) groups is 2. The molecule has 0 aliphatic heterocycles. The van der Waals surface area contributed by atoms with Crippen molar-refractivity contribution in [3.05, 3.63) is 64.1 Å². The van der Waals surface area contributed by atoms with Crippen LogP contribution in [0.2, 0.25) is 0 Å². The SMILES string of the molecule is CCc1nc(C)c2c(C)c(C(=O)NNC(=O)c3cc(-c4ccccc4)n[nH]3)sc2n1. The predicted octanol–water partition coefficient (Wildman–Crippen LogP) is 3.34. The van der Waals surface area contributed by atoms with Gasteiger partial charge in [-0.2, -0.15) is 5.10 Å². The lowest BCUT2D eigenvalue weighted by Crippen LogP contribution is -2.41. The molecule has 0 aliphatic carbocycles. The van der Waals surface area contributed by atoms with E-state index < -0.39 is 11.8 Å². The van der Waals surface area contributed by atoms with E-state index in [0.717, 1.165) is 39.3 Å². The highest BCUT2D eigenvalue weighted by Crippen LogP contribution is 2.31. The Morgan fingerprint density at radius 3 is 2.53 bits per heavy atom. The van der Waals surface area contributed by atoms with Gasteiger partial charge >= 0.3 is 0 Å². The van der Waals surface area contributed by atoms with Crippen molar-refractivity contribution < 1.29 is 9.59 Å². The topological polar surface area (TPSA) is 113 Å². The summed E-state index contributed by atoms with van der Waals surface area (Å²) >= 11 is 1.29. The number of carbonyl (C=O) groups excluding carboxylic acids is 2. The molecule has 3 heterocycles. The van der Waals surface area contributed by atoms with Gasteiger partial charge in [0.15, 0.2) is 0 Å². The van der Waals surface area contributed by atoms with Gasteiger partial charge in [0.25, 0.3) is 11.8 Å². The number of aromatic amines is 1. The number of amides is 2. The molecule has 3 aromatic heterocycles. The molecular formula is C21H20N6O2S. The summed E-state index contributed by atoms with van der Waals surface area (Å²) in [4.78, 5) is 35.3. The van der Waals surface area contributed by atoms with Crippen molar-refractivity contribution in [3.8, 4) is 11.3 Å². The van der Waals surface area contributed by atoms with Crippen molar-refractivity contribution in [2.45, 2.75) is 27.2 Å². The maximum absolute atomic E-state index is 12.7. The molecule has 0 radical (unpaired) electrons. The van der Waals surface area contributed by atoms with E-state index in [-0.39, 0.29) is 5.69 Å². The van der Waals surface area contributed by atoms with E-state index in [9.17, 15) is 9.59 Å². The first-order chi connectivity index (χ1) is 14.5. The molecule has 0 saturated heterocycles. The third kappa shape index (κ3) is 3.67. The van der Waals surface area contributed by atoms with Gasteiger partial charge in [-0.05, 0) is 25.5 Å². The predicted molar refractivity (Wildman–Crippen MR) is 115 cm³/mol. The highest BCUT2D eigenvalue weighted by Gasteiger charge is 2.20. The summed E-state index contributed by atoms with van der Waals surface area (Å²) in [6.07, 6.45) is 0.723. The smallest absolute Gasteiger partial charge is 0.272 e. The fourth-order valence-electron chi connectivity index (χ4n) is 3.20. The molecule has 4 rings (SSSR count). The molecule has 9 heteroatoms. The van der Waals surface area contributed by atoms with Crippen LogP contribution in [0.25, 0.3) is 21.5 Å². The molecule has 30 heavy (non-hydrogen) atoms. The van der Waals surface area contributed by atoms with E-state index in [1.54, 1.807) is 6.07 Å². The van der Waals surface area contributed by atoms with Crippen molar-refractivity contribution in [1.82, 2.24) is 31.0 Å². The molecule has 2 amide bonds. The number of aryl methyl sites for hydroxylation is 3. The standard InChI is InChI=1S/C21H20N6O2S/c1-4-16-22-12(3)17-11(2)18(30-21(17)23-16)20(29)27-26-19(28)15-10-14(24-25-15)13-8-6-5-7-9-13/h5-10H,4H2,1-3H3,(H,24,25)(H,26,28)(H,27,29). The summed E-state index contributed by atoms with van der Waals surface area (Å²) < 4.78 is 0. The van der Waals surface area contributed by atoms with E-state index >= 15 is 0 Å². The molecule has 0 aliphatic rings. The van der Waals surface area contributed by atoms with Gasteiger partial charge in [-0.3, -0.25) is 25.5 Å². The Labute approximate surface area is 176 Å². The van der Waals surface area contributed by atoms with Gasteiger partial charge in [0.05, 0.1) is 10.6 Å². The zero-order chi connectivity index (χ0) is 21.3. The summed E-state index contributed by atoms with van der Waals surface area (Å²) in [5.41, 5.74) is 8.33. The number of H-pyrrole nitrogens is 1. The molecular weight excluding hydrogens is 400 g/mol. The molecule has 3 N–H and O–H groups in total. The summed E-state index contributed by atoms with van der Waals surface area (Å²) in [5, 5.41) is 7.73. The van der Waals surface area contributed by atoms with Crippen molar-refractivity contribution >= 4 is 33.4 Å². The summed E-state index contributed by atoms with van der Waals surface area (Å²) in [6, 6.07) is 11.1. The first-order valence-electron chi connectivity index (χ1n) is 9.46. The van der Waals surface area contributed by atoms with Crippen LogP contribution in [0.1, 0.15) is 44.2 Å². The summed E-state index contributed by atoms with van der Waals surface area (Å²) in [5.74, 6) is -0.139. The van der Waals surface area contributed by atoms with E-state index in [1.165, 1.54) is 11.3 Å². The number of hydrogen-bond acceptors (Lipinski definition) is 6. The van der Waals surface area contributed by atoms with E-state index in [0.29, 0.717) is 10.6 Å². The fraction of sp³-hybridized carbons (Fsp3) is 0.190. The highest BCUT2D eigenvalue weighted by atomic mass is 32.1. The van der Waals surface area contributed by atoms with Crippen LogP contribution in [0.5, 0.6) is 0 Å². The molecule has 0 unspecified atom stereocenters. The Balaban J connectivity index is 1.48. The van der Waals surface area contributed by atoms with Crippen LogP contribution in [-0.2, 0) is 6.42 Å². The van der Waals surface area contributed by atoms with Gasteiger partial charge in [-0.1, -0.05) is 37.3 Å². The number of hydrogen-bond donors (Lipinski definition) is 3. The molecule has 0 bridgehead atoms. The van der Waals surface area contributed by atoms with Crippen molar-refractivity contribution in [2.75, 3.05) is 0 Å². The van der Waals surface area contributed by atoms with Gasteiger partial charge in [0.1, 0.15) is 16.3 Å². The largest absolute Gasteiger partial charge is 0.287 e. The van der Waals surface area contributed by atoms with Gasteiger partial charge in [-0.25, -0.2) is 9.97 Å². The molecule has 0 spiro atoms. The third-order valence-corrected chi connectivity index (χ3v) is 5.91. The lowest BCUT2D eigenvalue weighted by atomic mass is 10.1. The number of nitrogens with zero attached hydrogens (tertiary/aromatic N) is 3. The second-order valence-electron chi connectivity index (χ2n) is 6.76. The van der Waals surface area contributed by atoms with Gasteiger partial charge in [-0.15, -0.1) is 11.3 Å². The van der Waals surface area contributed by atoms with Crippen molar-refractivity contribution in [1.29, 1.82) is 0 Å². The van der Waals surface area contributed by atoms with Crippen LogP contribution in [0.3, 0.4) is 0 Å². The van der Waals surface area contributed by atoms with Crippen LogP contribution in [0.15, 0.2) is 36.4 Å². The number of nitrogens with one attached hydrogen (secondary N) is 3. The van der Waals surface area contributed by atoms with E-state index in [4.69, 9.17) is 0 Å². The fourth-order valence-corrected chi connectivity index (χ4v) is 4.35. The number of thiophene rings is 1. The van der Waals surface area contributed by atoms with Crippen molar-refractivity contribution in [2.24, 2.45) is 0 Å². The molecule has 0 atom stereocenters. The summed E-state index contributed by atoms with van der Waals surface area (Å²) in [7, 11) is 0. The minimum Gasteiger partial charge on any atom is -0.272 e. The number of rotatable bonds is 4. The average Bonchev–Trinajstić information content (AvgIpc) is 3.38. The third-order valence-electron chi connectivity index (χ3n) is 4.72. The summed E-state index contributed by atoms with van der Waals surface area (Å²) in [6.45, 7) is 5.76. The molecule has 4 aromatic rings. The average molecular weight is 420 g/mol. The second-order valence-corrected chi connectivity index (χ2v) is 7.76. The second kappa shape index (κ2) is 8.03. The first kappa shape index (κ1) is 19.7. The van der Waals surface area contributed by atoms with Gasteiger partial charge in [0, 0.05) is 23.1 Å². The molecule has 1 aromatic carbocycles. The molecule has 8 nitrogen and oxygen atoms in total. The van der Waals surface area contributed by atoms with Crippen LogP contribution in [-0.4, -0.2) is 32.0 Å². The van der Waals surface area contributed by atoms with Gasteiger partial charge in [0.2, 0.25) is 0 Å². The van der Waals surface area contributed by atoms with E-state index in [1.807, 2.05) is 51.1 Å². The maximum atomic E-state index is 12.7. The Hall–Kier alpha value is -3.59. The number of aromatic nitrogens is 4. The Bertz CT molecular complexity index is 1250. The van der Waals surface area contributed by atoms with E-state index in [2.05, 4.69) is 31.0 Å². The van der Waals surface area contributed by atoms with Gasteiger partial charge < -0.3 is 0 Å². The molecule has 152 valence electrons. The minimum absolute atomic E-state index is 0.247. The monoisotopic (exact) mass is 420 g/mol. The molecule has 0 saturated carbocycles. The molecule has 0 fully saturated rings.